The molecule has 2 aliphatic rings. The highest BCUT2D eigenvalue weighted by atomic mass is 32.2. The molecule has 148 valence electrons. The van der Waals surface area contributed by atoms with Gasteiger partial charge in [0.25, 0.3) is 0 Å². The average Bonchev–Trinajstić information content (AvgIpc) is 2.70. The number of thioether (sulfide) groups is 2. The average molecular weight is 428 g/mol. The lowest BCUT2D eigenvalue weighted by atomic mass is 10.1. The van der Waals surface area contributed by atoms with Crippen LogP contribution in [0.1, 0.15) is 12.0 Å². The highest BCUT2D eigenvalue weighted by molar-refractivity contribution is 8.06. The van der Waals surface area contributed by atoms with Gasteiger partial charge in [-0.3, -0.25) is 14.5 Å². The first-order valence-corrected chi connectivity index (χ1v) is 10.7. The van der Waals surface area contributed by atoms with Crippen molar-refractivity contribution in [3.8, 4) is 0 Å². The third-order valence-corrected chi connectivity index (χ3v) is 7.03. The van der Waals surface area contributed by atoms with Gasteiger partial charge in [-0.05, 0) is 17.7 Å². The number of aliphatic carboxylic acids is 1. The van der Waals surface area contributed by atoms with Gasteiger partial charge < -0.3 is 10.4 Å². The number of hydrogen-bond donors (Lipinski definition) is 2. The Bertz CT molecular complexity index is 982. The van der Waals surface area contributed by atoms with Crippen molar-refractivity contribution in [1.82, 2.24) is 15.2 Å². The number of hydrogen-bond acceptors (Lipinski definition) is 6. The van der Waals surface area contributed by atoms with Crippen molar-refractivity contribution in [1.29, 1.82) is 0 Å². The number of β-lactam (4-membered cyclic amide) rings is 1. The first-order chi connectivity index (χ1) is 14.0. The van der Waals surface area contributed by atoms with Crippen molar-refractivity contribution in [3.05, 3.63) is 70.9 Å². The topological polar surface area (TPSA) is 99.6 Å². The van der Waals surface area contributed by atoms with Gasteiger partial charge in [0.2, 0.25) is 11.8 Å². The van der Waals surface area contributed by atoms with Gasteiger partial charge in [0.15, 0.2) is 0 Å². The molecule has 2 amide bonds. The Hall–Kier alpha value is -2.78. The predicted molar refractivity (Wildman–Crippen MR) is 110 cm³/mol. The van der Waals surface area contributed by atoms with Gasteiger partial charge in [-0.2, -0.15) is 0 Å². The zero-order valence-electron chi connectivity index (χ0n) is 15.1. The number of aromatic nitrogens is 1. The molecule has 2 aromatic rings. The van der Waals surface area contributed by atoms with Crippen LogP contribution < -0.4 is 5.32 Å². The minimum Gasteiger partial charge on any atom is -0.477 e. The van der Waals surface area contributed by atoms with Gasteiger partial charge in [-0.1, -0.05) is 48.2 Å². The maximum atomic E-state index is 12.6. The summed E-state index contributed by atoms with van der Waals surface area (Å²) in [5, 5.41) is 12.5. The Morgan fingerprint density at radius 1 is 1.21 bits per heavy atom. The highest BCUT2D eigenvalue weighted by Gasteiger charge is 2.49. The third kappa shape index (κ3) is 4.15. The van der Waals surface area contributed by atoms with Crippen LogP contribution in [0.3, 0.4) is 0 Å². The highest BCUT2D eigenvalue weighted by Crippen LogP contribution is 2.47. The van der Waals surface area contributed by atoms with Crippen molar-refractivity contribution in [3.63, 3.8) is 0 Å². The van der Waals surface area contributed by atoms with Crippen molar-refractivity contribution < 1.29 is 19.5 Å². The molecule has 9 heteroatoms. The number of carboxylic acid groups (broad SMARTS) is 1. The smallest absolute Gasteiger partial charge is 0.353 e. The largest absolute Gasteiger partial charge is 0.477 e. The minimum absolute atomic E-state index is 0.0781. The van der Waals surface area contributed by atoms with Crippen LogP contribution in [0.2, 0.25) is 0 Å². The molecule has 0 bridgehead atoms. The first kappa shape index (κ1) is 19.5. The second kappa shape index (κ2) is 8.30. The maximum absolute atomic E-state index is 12.6. The van der Waals surface area contributed by atoms with Gasteiger partial charge in [0, 0.05) is 6.20 Å². The number of fused-ring (bicyclic) bond motifs is 1. The van der Waals surface area contributed by atoms with E-state index in [2.05, 4.69) is 10.3 Å². The zero-order valence-corrected chi connectivity index (χ0v) is 16.8. The lowest BCUT2D eigenvalue weighted by Gasteiger charge is -2.46. The van der Waals surface area contributed by atoms with E-state index in [4.69, 9.17) is 0 Å². The summed E-state index contributed by atoms with van der Waals surface area (Å²) >= 11 is 2.53. The lowest BCUT2D eigenvalue weighted by molar-refractivity contribution is -0.146. The molecule has 2 aliphatic heterocycles. The van der Waals surface area contributed by atoms with Crippen LogP contribution in [0.25, 0.3) is 0 Å². The van der Waals surface area contributed by atoms with Crippen molar-refractivity contribution >= 4 is 41.3 Å². The molecule has 0 aliphatic carbocycles. The van der Waals surface area contributed by atoms with Gasteiger partial charge in [-0.15, -0.1) is 11.8 Å². The normalized spacial score (nSPS) is 20.7. The van der Waals surface area contributed by atoms with E-state index in [1.165, 1.54) is 16.7 Å². The van der Waals surface area contributed by atoms with E-state index >= 15 is 0 Å². The molecule has 0 spiro atoms. The molecule has 29 heavy (non-hydrogen) atoms. The number of carboxylic acids is 1. The van der Waals surface area contributed by atoms with Gasteiger partial charge in [0.05, 0.1) is 23.1 Å². The Balaban J connectivity index is 1.63. The molecule has 0 saturated carbocycles. The van der Waals surface area contributed by atoms with E-state index in [1.807, 2.05) is 30.3 Å². The minimum atomic E-state index is -1.19. The molecule has 1 saturated heterocycles. The molecule has 1 aromatic carbocycles. The third-order valence-electron chi connectivity index (χ3n) is 4.47. The SMILES string of the molecule is O=C(Cc1ccccc1)NC1S[C@@H]2CC(=O)N2C(C(=O)O)=C1Sc1ccccn1. The summed E-state index contributed by atoms with van der Waals surface area (Å²) in [4.78, 5) is 42.6. The van der Waals surface area contributed by atoms with E-state index in [0.29, 0.717) is 9.93 Å². The molecule has 1 fully saturated rings. The number of benzene rings is 1. The van der Waals surface area contributed by atoms with Crippen molar-refractivity contribution in [2.24, 2.45) is 0 Å². The molecule has 2 N–H and O–H groups in total. The van der Waals surface area contributed by atoms with Crippen LogP contribution in [0.15, 0.2) is 70.4 Å². The van der Waals surface area contributed by atoms with E-state index < -0.39 is 11.3 Å². The number of amides is 2. The first-order valence-electron chi connectivity index (χ1n) is 8.90. The van der Waals surface area contributed by atoms with E-state index in [9.17, 15) is 19.5 Å². The van der Waals surface area contributed by atoms with Gasteiger partial charge >= 0.3 is 5.97 Å². The standard InChI is InChI=1S/C20H17N3O4S2/c24-13(10-12-6-2-1-3-7-12)22-19-18(28-14-8-4-5-9-21-14)17(20(26)27)23-15(25)11-16(23)29-19/h1-9,16,19H,10-11H2,(H,22,24)(H,26,27)/t16-,19?/m1/s1. The number of pyridine rings is 1. The number of nitrogens with one attached hydrogen (secondary N) is 1. The van der Waals surface area contributed by atoms with Crippen LogP contribution in [-0.2, 0) is 20.8 Å². The molecule has 1 aromatic heterocycles. The summed E-state index contributed by atoms with van der Waals surface area (Å²) in [6, 6.07) is 14.6. The monoisotopic (exact) mass is 427 g/mol. The van der Waals surface area contributed by atoms with E-state index in [0.717, 1.165) is 17.3 Å². The maximum Gasteiger partial charge on any atom is 0.353 e. The van der Waals surface area contributed by atoms with Crippen LogP contribution in [-0.4, -0.2) is 43.5 Å². The summed E-state index contributed by atoms with van der Waals surface area (Å²) in [5.74, 6) is -1.63. The Kier molecular flexibility index (Phi) is 5.59. The van der Waals surface area contributed by atoms with Crippen LogP contribution in [0, 0.1) is 0 Å². The summed E-state index contributed by atoms with van der Waals surface area (Å²) < 4.78 is 0. The van der Waals surface area contributed by atoms with Crippen LogP contribution in [0.5, 0.6) is 0 Å². The van der Waals surface area contributed by atoms with Crippen molar-refractivity contribution in [2.75, 3.05) is 0 Å². The van der Waals surface area contributed by atoms with Crippen LogP contribution in [0.4, 0.5) is 0 Å². The molecule has 7 nitrogen and oxygen atoms in total. The van der Waals surface area contributed by atoms with Gasteiger partial charge in [-0.25, -0.2) is 9.78 Å². The fraction of sp³-hybridized carbons (Fsp3) is 0.200. The van der Waals surface area contributed by atoms with Crippen LogP contribution >= 0.6 is 23.5 Å². The second-order valence-electron chi connectivity index (χ2n) is 6.46. The van der Waals surface area contributed by atoms with Gasteiger partial charge in [0.1, 0.15) is 16.1 Å². The number of carbonyl (C=O) groups is 3. The van der Waals surface area contributed by atoms with Crippen molar-refractivity contribution in [2.45, 2.75) is 28.6 Å². The molecular formula is C20H17N3O4S2. The molecule has 4 rings (SSSR count). The molecule has 2 atom stereocenters. The molecular weight excluding hydrogens is 410 g/mol. The quantitative estimate of drug-likeness (QED) is 0.683. The number of rotatable bonds is 6. The summed E-state index contributed by atoms with van der Waals surface area (Å²) in [6.07, 6.45) is 2.06. The zero-order chi connectivity index (χ0) is 20.4. The fourth-order valence-electron chi connectivity index (χ4n) is 3.14. The molecule has 1 unspecified atom stereocenters. The molecule has 0 radical (unpaired) electrons. The number of carbonyl (C=O) groups excluding carboxylic acids is 2. The van der Waals surface area contributed by atoms with E-state index in [1.54, 1.807) is 24.4 Å². The predicted octanol–water partition coefficient (Wildman–Crippen LogP) is 2.46. The summed E-state index contributed by atoms with van der Waals surface area (Å²) in [6.45, 7) is 0. The Morgan fingerprint density at radius 2 is 1.97 bits per heavy atom. The Labute approximate surface area is 175 Å². The lowest BCUT2D eigenvalue weighted by Crippen LogP contribution is -2.57. The Morgan fingerprint density at radius 3 is 2.62 bits per heavy atom. The summed E-state index contributed by atoms with van der Waals surface area (Å²) in [7, 11) is 0. The second-order valence-corrected chi connectivity index (χ2v) is 8.81. The number of nitrogens with zero attached hydrogens (tertiary/aromatic N) is 2. The fourth-order valence-corrected chi connectivity index (χ4v) is 5.71. The summed E-state index contributed by atoms with van der Waals surface area (Å²) in [5.41, 5.74) is 0.790. The molecule has 3 heterocycles. The van der Waals surface area contributed by atoms with E-state index in [-0.39, 0.29) is 35.7 Å².